The fourth-order valence-electron chi connectivity index (χ4n) is 1.33. The third-order valence-corrected chi connectivity index (χ3v) is 2.26. The van der Waals surface area contributed by atoms with Crippen molar-refractivity contribution in [1.82, 2.24) is 4.90 Å². The molecule has 1 aliphatic rings. The van der Waals surface area contributed by atoms with Gasteiger partial charge >= 0.3 is 0 Å². The average Bonchev–Trinajstić information content (AvgIpc) is 2.50. The molecule has 0 spiro atoms. The van der Waals surface area contributed by atoms with Crippen molar-refractivity contribution in [2.75, 3.05) is 13.1 Å². The number of nitrogens with zero attached hydrogens (tertiary/aromatic N) is 2. The van der Waals surface area contributed by atoms with Gasteiger partial charge in [-0.2, -0.15) is 17.9 Å². The molecule has 3 nitrogen and oxygen atoms in total. The standard InChI is InChI=1S/C8H12N2OS/c1-6(12)8(11)10-3-2-7(4-9)5-10/h6-7,12H,2-3,5H2,1H3. The average molecular weight is 184 g/mol. The molecule has 1 fully saturated rings. The van der Waals surface area contributed by atoms with Gasteiger partial charge in [-0.3, -0.25) is 4.79 Å². The molecule has 1 heterocycles. The van der Waals surface area contributed by atoms with Crippen LogP contribution in [0.4, 0.5) is 0 Å². The van der Waals surface area contributed by atoms with Crippen LogP contribution in [0, 0.1) is 17.2 Å². The Morgan fingerprint density at radius 1 is 1.83 bits per heavy atom. The molecular formula is C8H12N2OS. The molecule has 1 amide bonds. The van der Waals surface area contributed by atoms with Gasteiger partial charge in [0.05, 0.1) is 17.2 Å². The van der Waals surface area contributed by atoms with E-state index in [1.54, 1.807) is 11.8 Å². The van der Waals surface area contributed by atoms with E-state index >= 15 is 0 Å². The molecule has 0 N–H and O–H groups in total. The molecule has 2 atom stereocenters. The number of hydrogen-bond donors (Lipinski definition) is 1. The molecule has 4 heteroatoms. The lowest BCUT2D eigenvalue weighted by atomic mass is 10.1. The quantitative estimate of drug-likeness (QED) is 0.609. The Morgan fingerprint density at radius 3 is 2.92 bits per heavy atom. The minimum Gasteiger partial charge on any atom is -0.340 e. The summed E-state index contributed by atoms with van der Waals surface area (Å²) in [4.78, 5) is 13.1. The van der Waals surface area contributed by atoms with Crippen molar-refractivity contribution in [3.63, 3.8) is 0 Å². The summed E-state index contributed by atoms with van der Waals surface area (Å²) < 4.78 is 0. The lowest BCUT2D eigenvalue weighted by Gasteiger charge is -2.16. The highest BCUT2D eigenvalue weighted by Crippen LogP contribution is 2.16. The van der Waals surface area contributed by atoms with E-state index in [1.807, 2.05) is 0 Å². The predicted molar refractivity (Wildman–Crippen MR) is 48.7 cm³/mol. The molecule has 0 saturated carbocycles. The molecular weight excluding hydrogens is 172 g/mol. The van der Waals surface area contributed by atoms with E-state index in [0.29, 0.717) is 13.1 Å². The normalized spacial score (nSPS) is 25.1. The summed E-state index contributed by atoms with van der Waals surface area (Å²) >= 11 is 4.05. The van der Waals surface area contributed by atoms with Gasteiger partial charge in [0.2, 0.25) is 5.91 Å². The maximum atomic E-state index is 11.3. The first-order valence-electron chi connectivity index (χ1n) is 4.01. The number of nitriles is 1. The zero-order valence-corrected chi connectivity index (χ0v) is 7.92. The summed E-state index contributed by atoms with van der Waals surface area (Å²) in [5.74, 6) is 0.0668. The van der Waals surface area contributed by atoms with Crippen molar-refractivity contribution in [1.29, 1.82) is 5.26 Å². The topological polar surface area (TPSA) is 44.1 Å². The van der Waals surface area contributed by atoms with E-state index < -0.39 is 0 Å². The van der Waals surface area contributed by atoms with Gasteiger partial charge in [0, 0.05) is 13.1 Å². The Kier molecular flexibility index (Phi) is 2.99. The van der Waals surface area contributed by atoms with Gasteiger partial charge < -0.3 is 4.90 Å². The first-order chi connectivity index (χ1) is 5.65. The molecule has 0 aliphatic carbocycles. The third-order valence-electron chi connectivity index (χ3n) is 2.04. The highest BCUT2D eigenvalue weighted by Gasteiger charge is 2.27. The van der Waals surface area contributed by atoms with E-state index in [0.717, 1.165) is 6.42 Å². The SMILES string of the molecule is CC(S)C(=O)N1CCC(C#N)C1. The summed E-state index contributed by atoms with van der Waals surface area (Å²) in [5, 5.41) is 8.35. The Morgan fingerprint density at radius 2 is 2.50 bits per heavy atom. The second-order valence-electron chi connectivity index (χ2n) is 3.07. The van der Waals surface area contributed by atoms with E-state index in [9.17, 15) is 4.79 Å². The maximum absolute atomic E-state index is 11.3. The second-order valence-corrected chi connectivity index (χ2v) is 3.85. The van der Waals surface area contributed by atoms with Crippen molar-refractivity contribution in [3.8, 4) is 6.07 Å². The van der Waals surface area contributed by atoms with Crippen molar-refractivity contribution in [2.24, 2.45) is 5.92 Å². The molecule has 0 bridgehead atoms. The first kappa shape index (κ1) is 9.40. The zero-order chi connectivity index (χ0) is 9.14. The van der Waals surface area contributed by atoms with Crippen molar-refractivity contribution >= 4 is 18.5 Å². The van der Waals surface area contributed by atoms with Crippen LogP contribution in [-0.4, -0.2) is 29.1 Å². The van der Waals surface area contributed by atoms with E-state index in [2.05, 4.69) is 18.7 Å². The third kappa shape index (κ3) is 1.92. The van der Waals surface area contributed by atoms with Gasteiger partial charge in [0.25, 0.3) is 0 Å². The summed E-state index contributed by atoms with van der Waals surface area (Å²) in [6.07, 6.45) is 0.808. The fraction of sp³-hybridized carbons (Fsp3) is 0.750. The highest BCUT2D eigenvalue weighted by atomic mass is 32.1. The van der Waals surface area contributed by atoms with Gasteiger partial charge in [0.15, 0.2) is 0 Å². The van der Waals surface area contributed by atoms with Crippen LogP contribution in [0.2, 0.25) is 0 Å². The van der Waals surface area contributed by atoms with Crippen LogP contribution in [0.3, 0.4) is 0 Å². The Balaban J connectivity index is 2.48. The van der Waals surface area contributed by atoms with Crippen molar-refractivity contribution in [2.45, 2.75) is 18.6 Å². The maximum Gasteiger partial charge on any atom is 0.235 e. The number of carbonyl (C=O) groups excluding carboxylic acids is 1. The molecule has 0 aromatic carbocycles. The number of amides is 1. The zero-order valence-electron chi connectivity index (χ0n) is 7.03. The molecule has 1 saturated heterocycles. The van der Waals surface area contributed by atoms with Gasteiger partial charge in [-0.15, -0.1) is 0 Å². The number of rotatable bonds is 1. The molecule has 1 aliphatic heterocycles. The molecule has 1 rings (SSSR count). The van der Waals surface area contributed by atoms with Crippen LogP contribution < -0.4 is 0 Å². The van der Waals surface area contributed by atoms with Crippen molar-refractivity contribution in [3.05, 3.63) is 0 Å². The summed E-state index contributed by atoms with van der Waals surface area (Å²) in [5.41, 5.74) is 0. The van der Waals surface area contributed by atoms with Gasteiger partial charge in [-0.05, 0) is 13.3 Å². The van der Waals surface area contributed by atoms with Crippen LogP contribution in [0.15, 0.2) is 0 Å². The van der Waals surface area contributed by atoms with Crippen molar-refractivity contribution < 1.29 is 4.79 Å². The van der Waals surface area contributed by atoms with Crippen LogP contribution >= 0.6 is 12.6 Å². The number of hydrogen-bond acceptors (Lipinski definition) is 3. The first-order valence-corrected chi connectivity index (χ1v) is 4.53. The number of likely N-dealkylation sites (tertiary alicyclic amines) is 1. The Labute approximate surface area is 77.8 Å². The Bertz CT molecular complexity index is 222. The molecule has 0 radical (unpaired) electrons. The van der Waals surface area contributed by atoms with Gasteiger partial charge in [0.1, 0.15) is 0 Å². The Hall–Kier alpha value is -0.690. The fourth-order valence-corrected chi connectivity index (χ4v) is 1.49. The summed E-state index contributed by atoms with van der Waals surface area (Å²) in [6, 6.07) is 2.17. The minimum atomic E-state index is -0.248. The summed E-state index contributed by atoms with van der Waals surface area (Å²) in [6.45, 7) is 3.05. The van der Waals surface area contributed by atoms with Crippen LogP contribution in [0.25, 0.3) is 0 Å². The van der Waals surface area contributed by atoms with E-state index in [4.69, 9.17) is 5.26 Å². The van der Waals surface area contributed by atoms with E-state index in [-0.39, 0.29) is 17.1 Å². The monoisotopic (exact) mass is 184 g/mol. The lowest BCUT2D eigenvalue weighted by molar-refractivity contribution is -0.129. The van der Waals surface area contributed by atoms with Crippen LogP contribution in [0.5, 0.6) is 0 Å². The molecule has 66 valence electrons. The molecule has 0 aromatic heterocycles. The molecule has 2 unspecified atom stereocenters. The summed E-state index contributed by atoms with van der Waals surface area (Å²) in [7, 11) is 0. The molecule has 0 aromatic rings. The van der Waals surface area contributed by atoms with Crippen LogP contribution in [-0.2, 0) is 4.79 Å². The van der Waals surface area contributed by atoms with E-state index in [1.165, 1.54) is 0 Å². The van der Waals surface area contributed by atoms with Gasteiger partial charge in [-0.1, -0.05) is 0 Å². The highest BCUT2D eigenvalue weighted by molar-refractivity contribution is 7.81. The number of carbonyl (C=O) groups is 1. The van der Waals surface area contributed by atoms with Gasteiger partial charge in [-0.25, -0.2) is 0 Å². The largest absolute Gasteiger partial charge is 0.340 e. The number of thiol groups is 1. The lowest BCUT2D eigenvalue weighted by Crippen LogP contribution is -2.33. The predicted octanol–water partition coefficient (Wildman–Crippen LogP) is 0.677. The van der Waals surface area contributed by atoms with Crippen LogP contribution in [0.1, 0.15) is 13.3 Å². The second kappa shape index (κ2) is 3.81. The smallest absolute Gasteiger partial charge is 0.235 e. The molecule has 12 heavy (non-hydrogen) atoms. The minimum absolute atomic E-state index is 0.0287.